The van der Waals surface area contributed by atoms with Gasteiger partial charge in [-0.2, -0.15) is 13.2 Å². The van der Waals surface area contributed by atoms with Crippen molar-refractivity contribution in [3.63, 3.8) is 0 Å². The van der Waals surface area contributed by atoms with Gasteiger partial charge in [-0.1, -0.05) is 0 Å². The molecule has 4 nitrogen and oxygen atoms in total. The highest BCUT2D eigenvalue weighted by Crippen LogP contribution is 2.16. The molecule has 0 rings (SSSR count). The predicted molar refractivity (Wildman–Crippen MR) is 45.7 cm³/mol. The summed E-state index contributed by atoms with van der Waals surface area (Å²) in [4.78, 5) is 15.2. The van der Waals surface area contributed by atoms with Crippen LogP contribution in [0.25, 0.3) is 0 Å². The molecule has 0 saturated heterocycles. The zero-order valence-electron chi connectivity index (χ0n) is 7.67. The molecule has 0 unspecified atom stereocenters. The van der Waals surface area contributed by atoms with E-state index in [0.717, 1.165) is 7.11 Å². The van der Waals surface area contributed by atoms with E-state index in [1.165, 1.54) is 6.92 Å². The van der Waals surface area contributed by atoms with Crippen molar-refractivity contribution in [2.75, 3.05) is 13.7 Å². The number of carbonyl (C=O) groups is 1. The van der Waals surface area contributed by atoms with Crippen LogP contribution < -0.4 is 5.73 Å². The van der Waals surface area contributed by atoms with Gasteiger partial charge in [-0.15, -0.1) is 12.4 Å². The Hall–Kier alpha value is -0.530. The van der Waals surface area contributed by atoms with E-state index >= 15 is 0 Å². The van der Waals surface area contributed by atoms with E-state index in [-0.39, 0.29) is 17.5 Å². The third-order valence-corrected chi connectivity index (χ3v) is 1.18. The van der Waals surface area contributed by atoms with Crippen molar-refractivity contribution in [2.45, 2.75) is 19.1 Å². The molecule has 0 spiro atoms. The number of alkyl halides is 3. The number of rotatable bonds is 3. The van der Waals surface area contributed by atoms with Gasteiger partial charge in [-0.3, -0.25) is 9.63 Å². The lowest BCUT2D eigenvalue weighted by Crippen LogP contribution is -2.45. The van der Waals surface area contributed by atoms with E-state index in [2.05, 4.69) is 4.84 Å². The van der Waals surface area contributed by atoms with E-state index < -0.39 is 24.7 Å². The van der Waals surface area contributed by atoms with Gasteiger partial charge in [-0.05, 0) is 6.92 Å². The molecule has 1 atom stereocenters. The normalized spacial score (nSPS) is 13.0. The summed E-state index contributed by atoms with van der Waals surface area (Å²) in [6.45, 7) is -0.172. The fraction of sp³-hybridized carbons (Fsp3) is 0.833. The maximum absolute atomic E-state index is 11.8. The molecule has 0 aromatic carbocycles. The summed E-state index contributed by atoms with van der Waals surface area (Å²) in [5, 5.41) is 0.185. The smallest absolute Gasteiger partial charge is 0.320 e. The molecular weight excluding hydrogens is 225 g/mol. The van der Waals surface area contributed by atoms with Gasteiger partial charge >= 0.3 is 6.18 Å². The molecule has 0 saturated carbocycles. The third-order valence-electron chi connectivity index (χ3n) is 1.18. The number of nitrogens with two attached hydrogens (primary N) is 1. The van der Waals surface area contributed by atoms with Gasteiger partial charge in [-0.25, -0.2) is 5.06 Å². The van der Waals surface area contributed by atoms with E-state index in [9.17, 15) is 18.0 Å². The summed E-state index contributed by atoms with van der Waals surface area (Å²) in [7, 11) is 0.978. The number of hydrogen-bond acceptors (Lipinski definition) is 3. The van der Waals surface area contributed by atoms with Crippen molar-refractivity contribution in [3.8, 4) is 0 Å². The summed E-state index contributed by atoms with van der Waals surface area (Å²) >= 11 is 0. The van der Waals surface area contributed by atoms with Gasteiger partial charge in [0.2, 0.25) is 0 Å². The van der Waals surface area contributed by atoms with Crippen molar-refractivity contribution >= 4 is 18.3 Å². The van der Waals surface area contributed by atoms with Gasteiger partial charge in [0.05, 0.1) is 13.2 Å². The summed E-state index contributed by atoms with van der Waals surface area (Å²) in [6, 6.07) is -1.01. The number of hydrogen-bond donors (Lipinski definition) is 1. The van der Waals surface area contributed by atoms with E-state index in [1.54, 1.807) is 0 Å². The lowest BCUT2D eigenvalue weighted by Gasteiger charge is -2.22. The molecule has 0 radical (unpaired) electrons. The molecule has 14 heavy (non-hydrogen) atoms. The van der Waals surface area contributed by atoms with Crippen LogP contribution in [0.15, 0.2) is 0 Å². The standard InChI is InChI=1S/C6H11F3N2O2.ClH/c1-4(10)5(12)11(13-2)3-6(7,8)9;/h4H,3,10H2,1-2H3;1H/t4-;/m1./s1. The average molecular weight is 237 g/mol. The molecule has 8 heteroatoms. The summed E-state index contributed by atoms with van der Waals surface area (Å²) in [6.07, 6.45) is -4.49. The van der Waals surface area contributed by atoms with Crippen LogP contribution in [0.4, 0.5) is 13.2 Å². The fourth-order valence-corrected chi connectivity index (χ4v) is 0.622. The maximum Gasteiger partial charge on any atom is 0.408 e. The summed E-state index contributed by atoms with van der Waals surface area (Å²) < 4.78 is 35.4. The second-order valence-corrected chi connectivity index (χ2v) is 2.46. The Balaban J connectivity index is 0. The number of carbonyl (C=O) groups excluding carboxylic acids is 1. The molecule has 0 aliphatic carbocycles. The first-order valence-electron chi connectivity index (χ1n) is 3.45. The Bertz CT molecular complexity index is 186. The quantitative estimate of drug-likeness (QED) is 0.735. The highest BCUT2D eigenvalue weighted by atomic mass is 35.5. The lowest BCUT2D eigenvalue weighted by molar-refractivity contribution is -0.224. The molecule has 1 amide bonds. The Morgan fingerprint density at radius 2 is 2.00 bits per heavy atom. The maximum atomic E-state index is 11.8. The minimum Gasteiger partial charge on any atom is -0.320 e. The zero-order valence-corrected chi connectivity index (χ0v) is 8.48. The summed E-state index contributed by atoms with van der Waals surface area (Å²) in [5.41, 5.74) is 5.09. The van der Waals surface area contributed by atoms with Crippen LogP contribution in [0.1, 0.15) is 6.92 Å². The van der Waals surface area contributed by atoms with Gasteiger partial charge in [0.25, 0.3) is 5.91 Å². The molecule has 0 bridgehead atoms. The first kappa shape index (κ1) is 15.9. The molecule has 0 aliphatic heterocycles. The number of halogens is 4. The summed E-state index contributed by atoms with van der Waals surface area (Å²) in [5.74, 6) is -0.903. The largest absolute Gasteiger partial charge is 0.408 e. The number of nitrogens with zero attached hydrogens (tertiary/aromatic N) is 1. The molecule has 0 aromatic heterocycles. The second kappa shape index (κ2) is 6.05. The van der Waals surface area contributed by atoms with Crippen LogP contribution in [0.2, 0.25) is 0 Å². The lowest BCUT2D eigenvalue weighted by atomic mass is 10.3. The molecular formula is C6H12ClF3N2O2. The fourth-order valence-electron chi connectivity index (χ4n) is 0.622. The molecule has 86 valence electrons. The van der Waals surface area contributed by atoms with Gasteiger partial charge in [0.1, 0.15) is 6.54 Å². The monoisotopic (exact) mass is 236 g/mol. The van der Waals surface area contributed by atoms with Crippen molar-refractivity contribution in [3.05, 3.63) is 0 Å². The Morgan fingerprint density at radius 1 is 1.57 bits per heavy atom. The van der Waals surface area contributed by atoms with Crippen LogP contribution in [0.3, 0.4) is 0 Å². The molecule has 0 aromatic rings. The second-order valence-electron chi connectivity index (χ2n) is 2.46. The molecule has 0 aliphatic rings. The molecule has 0 fully saturated rings. The van der Waals surface area contributed by atoms with E-state index in [0.29, 0.717) is 0 Å². The Morgan fingerprint density at radius 3 is 2.21 bits per heavy atom. The topological polar surface area (TPSA) is 55.6 Å². The van der Waals surface area contributed by atoms with Crippen LogP contribution in [0, 0.1) is 0 Å². The Kier molecular flexibility index (Phi) is 6.88. The van der Waals surface area contributed by atoms with Gasteiger partial charge in [0.15, 0.2) is 0 Å². The van der Waals surface area contributed by atoms with Gasteiger partial charge in [0, 0.05) is 0 Å². The third kappa shape index (κ3) is 6.01. The van der Waals surface area contributed by atoms with Crippen LogP contribution in [-0.2, 0) is 9.63 Å². The number of hydroxylamine groups is 2. The molecule has 0 heterocycles. The highest BCUT2D eigenvalue weighted by molar-refractivity contribution is 5.85. The van der Waals surface area contributed by atoms with Gasteiger partial charge < -0.3 is 5.73 Å². The predicted octanol–water partition coefficient (Wildman–Crippen LogP) is 0.708. The highest BCUT2D eigenvalue weighted by Gasteiger charge is 2.34. The van der Waals surface area contributed by atoms with Crippen molar-refractivity contribution in [1.82, 2.24) is 5.06 Å². The first-order valence-corrected chi connectivity index (χ1v) is 3.45. The minimum atomic E-state index is -4.49. The van der Waals surface area contributed by atoms with Crippen molar-refractivity contribution in [1.29, 1.82) is 0 Å². The zero-order chi connectivity index (χ0) is 10.6. The van der Waals surface area contributed by atoms with Crippen LogP contribution >= 0.6 is 12.4 Å². The van der Waals surface area contributed by atoms with Crippen molar-refractivity contribution < 1.29 is 22.8 Å². The Labute approximate surface area is 85.5 Å². The van der Waals surface area contributed by atoms with E-state index in [1.807, 2.05) is 0 Å². The van der Waals surface area contributed by atoms with Crippen LogP contribution in [-0.4, -0.2) is 36.8 Å². The SMILES string of the molecule is CON(CC(F)(F)F)C(=O)[C@@H](C)N.Cl. The van der Waals surface area contributed by atoms with Crippen LogP contribution in [0.5, 0.6) is 0 Å². The molecule has 2 N–H and O–H groups in total. The average Bonchev–Trinajstić information content (AvgIpc) is 1.97. The van der Waals surface area contributed by atoms with Crippen molar-refractivity contribution in [2.24, 2.45) is 5.73 Å². The van der Waals surface area contributed by atoms with E-state index in [4.69, 9.17) is 5.73 Å². The minimum absolute atomic E-state index is 0. The number of amides is 1. The first-order chi connectivity index (χ1) is 5.78.